The average Bonchev–Trinajstić information content (AvgIpc) is 2.96. The van der Waals surface area contributed by atoms with Crippen molar-refractivity contribution < 1.29 is 4.79 Å². The summed E-state index contributed by atoms with van der Waals surface area (Å²) in [4.78, 5) is 16.1. The highest BCUT2D eigenvalue weighted by Gasteiger charge is 2.36. The Kier molecular flexibility index (Phi) is 5.10. The summed E-state index contributed by atoms with van der Waals surface area (Å²) in [6.45, 7) is 0.451. The Morgan fingerprint density at radius 2 is 1.81 bits per heavy atom. The van der Waals surface area contributed by atoms with Crippen LogP contribution >= 0.6 is 23.4 Å². The molecule has 0 radical (unpaired) electrons. The standard InChI is InChI=1S/C22H19ClN2OS/c1-27-17-9-6-8-16(13-17)24-21-18-10-3-4-11-19(18)22(26)25(21)14-15-7-2-5-12-20(15)23/h2-13,21,24H,14H2,1H3/t21-/m0/s1. The molecule has 0 fully saturated rings. The van der Waals surface area contributed by atoms with Gasteiger partial charge in [0.15, 0.2) is 0 Å². The lowest BCUT2D eigenvalue weighted by Gasteiger charge is -2.27. The molecule has 0 aliphatic carbocycles. The summed E-state index contributed by atoms with van der Waals surface area (Å²) in [5.41, 5.74) is 3.65. The number of halogens is 1. The Labute approximate surface area is 168 Å². The Morgan fingerprint density at radius 1 is 1.04 bits per heavy atom. The zero-order chi connectivity index (χ0) is 18.8. The lowest BCUT2D eigenvalue weighted by atomic mass is 10.1. The van der Waals surface area contributed by atoms with Crippen LogP contribution < -0.4 is 5.32 Å². The highest BCUT2D eigenvalue weighted by molar-refractivity contribution is 7.98. The number of amides is 1. The van der Waals surface area contributed by atoms with Crippen LogP contribution in [0.1, 0.15) is 27.7 Å². The van der Waals surface area contributed by atoms with Crippen LogP contribution in [0, 0.1) is 0 Å². The molecule has 1 atom stereocenters. The van der Waals surface area contributed by atoms with Crippen molar-refractivity contribution >= 4 is 35.0 Å². The summed E-state index contributed by atoms with van der Waals surface area (Å²) in [5, 5.41) is 4.21. The normalized spacial score (nSPS) is 15.7. The molecule has 27 heavy (non-hydrogen) atoms. The third-order valence-corrected chi connectivity index (χ3v) is 5.82. The zero-order valence-corrected chi connectivity index (χ0v) is 16.4. The molecule has 136 valence electrons. The van der Waals surface area contributed by atoms with E-state index in [9.17, 15) is 4.79 Å². The summed E-state index contributed by atoms with van der Waals surface area (Å²) in [5.74, 6) is 0.0176. The Morgan fingerprint density at radius 3 is 2.63 bits per heavy atom. The second-order valence-electron chi connectivity index (χ2n) is 6.39. The molecule has 0 unspecified atom stereocenters. The first-order chi connectivity index (χ1) is 13.2. The minimum absolute atomic E-state index is 0.0176. The van der Waals surface area contributed by atoms with Gasteiger partial charge in [-0.2, -0.15) is 0 Å². The first-order valence-electron chi connectivity index (χ1n) is 8.71. The van der Waals surface area contributed by atoms with Gasteiger partial charge in [0.05, 0.1) is 0 Å². The molecule has 0 spiro atoms. The number of fused-ring (bicyclic) bond motifs is 1. The van der Waals surface area contributed by atoms with Gasteiger partial charge in [0.25, 0.3) is 5.91 Å². The predicted octanol–water partition coefficient (Wildman–Crippen LogP) is 5.83. The number of rotatable bonds is 5. The number of carbonyl (C=O) groups excluding carboxylic acids is 1. The molecule has 1 heterocycles. The van der Waals surface area contributed by atoms with Gasteiger partial charge in [-0.15, -0.1) is 11.8 Å². The van der Waals surface area contributed by atoms with Crippen LogP contribution in [0.2, 0.25) is 5.02 Å². The van der Waals surface area contributed by atoms with E-state index in [2.05, 4.69) is 23.7 Å². The van der Waals surface area contributed by atoms with Crippen molar-refractivity contribution in [3.05, 3.63) is 94.5 Å². The molecule has 3 aromatic carbocycles. The fourth-order valence-electron chi connectivity index (χ4n) is 3.37. The van der Waals surface area contributed by atoms with Crippen LogP contribution in [-0.4, -0.2) is 17.1 Å². The minimum Gasteiger partial charge on any atom is -0.361 e. The highest BCUT2D eigenvalue weighted by Crippen LogP contribution is 2.36. The van der Waals surface area contributed by atoms with Crippen molar-refractivity contribution in [2.75, 3.05) is 11.6 Å². The molecular formula is C22H19ClN2OS. The van der Waals surface area contributed by atoms with E-state index in [1.165, 1.54) is 4.90 Å². The molecule has 3 aromatic rings. The summed E-state index contributed by atoms with van der Waals surface area (Å²) in [6.07, 6.45) is 1.82. The third kappa shape index (κ3) is 3.55. The van der Waals surface area contributed by atoms with Gasteiger partial charge in [-0.1, -0.05) is 54.1 Å². The highest BCUT2D eigenvalue weighted by atomic mass is 35.5. The molecular weight excluding hydrogens is 376 g/mol. The first-order valence-corrected chi connectivity index (χ1v) is 10.3. The Balaban J connectivity index is 1.70. The largest absolute Gasteiger partial charge is 0.361 e. The van der Waals surface area contributed by atoms with Gasteiger partial charge < -0.3 is 10.2 Å². The second-order valence-corrected chi connectivity index (χ2v) is 7.68. The van der Waals surface area contributed by atoms with E-state index in [0.717, 1.165) is 22.4 Å². The number of carbonyl (C=O) groups is 1. The molecule has 0 saturated heterocycles. The maximum Gasteiger partial charge on any atom is 0.256 e. The summed E-state index contributed by atoms with van der Waals surface area (Å²) in [6, 6.07) is 23.7. The quantitative estimate of drug-likeness (QED) is 0.552. The predicted molar refractivity (Wildman–Crippen MR) is 112 cm³/mol. The molecule has 1 amide bonds. The third-order valence-electron chi connectivity index (χ3n) is 4.73. The van der Waals surface area contributed by atoms with Gasteiger partial charge in [0.1, 0.15) is 6.17 Å². The zero-order valence-electron chi connectivity index (χ0n) is 14.9. The van der Waals surface area contributed by atoms with Crippen molar-refractivity contribution in [3.8, 4) is 0 Å². The Hall–Kier alpha value is -2.43. The number of nitrogens with one attached hydrogen (secondary N) is 1. The topological polar surface area (TPSA) is 32.3 Å². The average molecular weight is 395 g/mol. The Bertz CT molecular complexity index is 991. The molecule has 4 rings (SSSR count). The van der Waals surface area contributed by atoms with Crippen LogP contribution in [0.25, 0.3) is 0 Å². The van der Waals surface area contributed by atoms with Gasteiger partial charge in [-0.3, -0.25) is 4.79 Å². The number of thioether (sulfide) groups is 1. The van der Waals surface area contributed by atoms with Crippen LogP contribution in [0.4, 0.5) is 5.69 Å². The lowest BCUT2D eigenvalue weighted by Crippen LogP contribution is -2.32. The van der Waals surface area contributed by atoms with E-state index in [1.807, 2.05) is 65.6 Å². The summed E-state index contributed by atoms with van der Waals surface area (Å²) >= 11 is 8.04. The summed E-state index contributed by atoms with van der Waals surface area (Å²) in [7, 11) is 0. The van der Waals surface area contributed by atoms with Gasteiger partial charge >= 0.3 is 0 Å². The molecule has 3 nitrogen and oxygen atoms in total. The molecule has 1 aliphatic rings. The van der Waals surface area contributed by atoms with E-state index >= 15 is 0 Å². The van der Waals surface area contributed by atoms with Crippen molar-refractivity contribution in [1.29, 1.82) is 0 Å². The molecule has 5 heteroatoms. The van der Waals surface area contributed by atoms with E-state index in [-0.39, 0.29) is 12.1 Å². The van der Waals surface area contributed by atoms with Crippen molar-refractivity contribution in [1.82, 2.24) is 4.90 Å². The number of benzene rings is 3. The molecule has 0 bridgehead atoms. The maximum absolute atomic E-state index is 13.1. The molecule has 0 aromatic heterocycles. The molecule has 0 saturated carbocycles. The van der Waals surface area contributed by atoms with Crippen molar-refractivity contribution in [3.63, 3.8) is 0 Å². The summed E-state index contributed by atoms with van der Waals surface area (Å²) < 4.78 is 0. The van der Waals surface area contributed by atoms with Gasteiger partial charge in [0, 0.05) is 33.3 Å². The number of anilines is 1. The fraction of sp³-hybridized carbons (Fsp3) is 0.136. The van der Waals surface area contributed by atoms with Crippen molar-refractivity contribution in [2.45, 2.75) is 17.6 Å². The van der Waals surface area contributed by atoms with Crippen molar-refractivity contribution in [2.24, 2.45) is 0 Å². The van der Waals surface area contributed by atoms with E-state index in [0.29, 0.717) is 11.6 Å². The fourth-order valence-corrected chi connectivity index (χ4v) is 4.02. The monoisotopic (exact) mass is 394 g/mol. The second kappa shape index (κ2) is 7.67. The minimum atomic E-state index is -0.234. The van der Waals surface area contributed by atoms with Gasteiger partial charge in [-0.25, -0.2) is 0 Å². The SMILES string of the molecule is CSc1cccc(N[C@@H]2c3ccccc3C(=O)N2Cc2ccccc2Cl)c1. The smallest absolute Gasteiger partial charge is 0.256 e. The van der Waals surface area contributed by atoms with E-state index in [1.54, 1.807) is 11.8 Å². The van der Waals surface area contributed by atoms with Crippen LogP contribution in [0.5, 0.6) is 0 Å². The molecule has 1 aliphatic heterocycles. The van der Waals surface area contributed by atoms with E-state index < -0.39 is 0 Å². The number of hydrogen-bond acceptors (Lipinski definition) is 3. The maximum atomic E-state index is 13.1. The number of hydrogen-bond donors (Lipinski definition) is 1. The van der Waals surface area contributed by atoms with E-state index in [4.69, 9.17) is 11.6 Å². The van der Waals surface area contributed by atoms with Crippen LogP contribution in [0.15, 0.2) is 77.7 Å². The number of nitrogens with zero attached hydrogens (tertiary/aromatic N) is 1. The van der Waals surface area contributed by atoms with Gasteiger partial charge in [-0.05, 0) is 42.2 Å². The lowest BCUT2D eigenvalue weighted by molar-refractivity contribution is 0.0729. The molecule has 1 N–H and O–H groups in total. The first kappa shape index (κ1) is 18.0. The van der Waals surface area contributed by atoms with Crippen LogP contribution in [0.3, 0.4) is 0 Å². The van der Waals surface area contributed by atoms with Gasteiger partial charge in [0.2, 0.25) is 0 Å². The van der Waals surface area contributed by atoms with Crippen LogP contribution in [-0.2, 0) is 6.54 Å².